The lowest BCUT2D eigenvalue weighted by Crippen LogP contribution is -2.33. The summed E-state index contributed by atoms with van der Waals surface area (Å²) in [7, 11) is 0. The molecule has 110 valence electrons. The quantitative estimate of drug-likeness (QED) is 0.888. The van der Waals surface area contributed by atoms with Crippen LogP contribution < -0.4 is 5.32 Å². The van der Waals surface area contributed by atoms with E-state index in [0.717, 1.165) is 31.6 Å². The van der Waals surface area contributed by atoms with E-state index in [9.17, 15) is 5.11 Å². The second-order valence-corrected chi connectivity index (χ2v) is 6.32. The number of aryl methyl sites for hydroxylation is 1. The second kappa shape index (κ2) is 5.74. The highest BCUT2D eigenvalue weighted by atomic mass is 16.5. The van der Waals surface area contributed by atoms with Crippen molar-refractivity contribution in [2.75, 3.05) is 13.2 Å². The van der Waals surface area contributed by atoms with Crippen molar-refractivity contribution in [1.82, 2.24) is 5.32 Å². The van der Waals surface area contributed by atoms with Gasteiger partial charge in [-0.15, -0.1) is 0 Å². The number of fused-ring (bicyclic) bond motifs is 1. The van der Waals surface area contributed by atoms with Gasteiger partial charge in [0.1, 0.15) is 5.75 Å². The largest absolute Gasteiger partial charge is 0.508 e. The van der Waals surface area contributed by atoms with E-state index in [1.165, 1.54) is 24.0 Å². The van der Waals surface area contributed by atoms with Crippen LogP contribution in [0, 0.1) is 6.92 Å². The minimum Gasteiger partial charge on any atom is -0.508 e. The fourth-order valence-electron chi connectivity index (χ4n) is 3.77. The van der Waals surface area contributed by atoms with Crippen molar-refractivity contribution in [2.24, 2.45) is 0 Å². The summed E-state index contributed by atoms with van der Waals surface area (Å²) in [5.41, 5.74) is 3.75. The van der Waals surface area contributed by atoms with Crippen molar-refractivity contribution in [3.63, 3.8) is 0 Å². The standard InChI is InChI=1S/C17H25NO2/c1-11-6-7-15(19)17-14(9-12(2)16(11)17)18-10-13-5-3-4-8-20-13/h6-7,12-14,18-19H,3-5,8-10H2,1-2H3. The SMILES string of the molecule is Cc1ccc(O)c2c1C(C)CC2NCC1CCCCO1. The Kier molecular flexibility index (Phi) is 3.99. The molecule has 1 fully saturated rings. The summed E-state index contributed by atoms with van der Waals surface area (Å²) in [6, 6.07) is 4.13. The third-order valence-electron chi connectivity index (χ3n) is 4.78. The molecule has 2 aliphatic rings. The predicted octanol–water partition coefficient (Wildman–Crippen LogP) is 3.41. The molecule has 0 spiro atoms. The Bertz CT molecular complexity index is 480. The third-order valence-corrected chi connectivity index (χ3v) is 4.78. The van der Waals surface area contributed by atoms with E-state index in [2.05, 4.69) is 19.2 Å². The van der Waals surface area contributed by atoms with Crippen molar-refractivity contribution >= 4 is 0 Å². The molecule has 1 aromatic rings. The number of phenolic OH excluding ortho intramolecular Hbond substituents is 1. The van der Waals surface area contributed by atoms with Crippen molar-refractivity contribution in [3.8, 4) is 5.75 Å². The summed E-state index contributed by atoms with van der Waals surface area (Å²) >= 11 is 0. The van der Waals surface area contributed by atoms with Gasteiger partial charge in [0.15, 0.2) is 0 Å². The molecule has 2 N–H and O–H groups in total. The summed E-state index contributed by atoms with van der Waals surface area (Å²) in [5, 5.41) is 13.8. The van der Waals surface area contributed by atoms with Crippen LogP contribution in [0.2, 0.25) is 0 Å². The Hall–Kier alpha value is -1.06. The average molecular weight is 275 g/mol. The molecule has 0 saturated carbocycles. The summed E-state index contributed by atoms with van der Waals surface area (Å²) in [4.78, 5) is 0. The van der Waals surface area contributed by atoms with E-state index in [-0.39, 0.29) is 6.04 Å². The zero-order valence-electron chi connectivity index (χ0n) is 12.5. The van der Waals surface area contributed by atoms with Crippen LogP contribution in [0.4, 0.5) is 0 Å². The van der Waals surface area contributed by atoms with Crippen LogP contribution in [0.3, 0.4) is 0 Å². The van der Waals surface area contributed by atoms with E-state index in [1.807, 2.05) is 12.1 Å². The highest BCUT2D eigenvalue weighted by molar-refractivity contribution is 5.50. The van der Waals surface area contributed by atoms with Crippen LogP contribution in [0.25, 0.3) is 0 Å². The van der Waals surface area contributed by atoms with Gasteiger partial charge in [0, 0.05) is 24.8 Å². The molecule has 0 bridgehead atoms. The molecule has 3 nitrogen and oxygen atoms in total. The van der Waals surface area contributed by atoms with E-state index in [1.54, 1.807) is 0 Å². The molecule has 1 heterocycles. The number of phenols is 1. The molecule has 20 heavy (non-hydrogen) atoms. The van der Waals surface area contributed by atoms with Gasteiger partial charge in [0.05, 0.1) is 6.10 Å². The van der Waals surface area contributed by atoms with Gasteiger partial charge in [-0.2, -0.15) is 0 Å². The van der Waals surface area contributed by atoms with E-state index in [0.29, 0.717) is 17.8 Å². The highest BCUT2D eigenvalue weighted by Gasteiger charge is 2.32. The minimum absolute atomic E-state index is 0.269. The Morgan fingerprint density at radius 3 is 2.90 bits per heavy atom. The lowest BCUT2D eigenvalue weighted by Gasteiger charge is -2.25. The summed E-state index contributed by atoms with van der Waals surface area (Å²) in [6.07, 6.45) is 5.03. The maximum Gasteiger partial charge on any atom is 0.120 e. The Balaban J connectivity index is 1.72. The number of rotatable bonds is 3. The van der Waals surface area contributed by atoms with Crippen molar-refractivity contribution in [1.29, 1.82) is 0 Å². The first-order valence-corrected chi connectivity index (χ1v) is 7.84. The van der Waals surface area contributed by atoms with E-state index < -0.39 is 0 Å². The van der Waals surface area contributed by atoms with Gasteiger partial charge in [0.2, 0.25) is 0 Å². The molecule has 3 atom stereocenters. The summed E-state index contributed by atoms with van der Waals surface area (Å²) in [6.45, 7) is 6.18. The zero-order valence-corrected chi connectivity index (χ0v) is 12.5. The topological polar surface area (TPSA) is 41.5 Å². The molecule has 1 saturated heterocycles. The fraction of sp³-hybridized carbons (Fsp3) is 0.647. The molecule has 3 rings (SSSR count). The molecule has 3 unspecified atom stereocenters. The molecule has 1 aliphatic heterocycles. The second-order valence-electron chi connectivity index (χ2n) is 6.32. The predicted molar refractivity (Wildman–Crippen MR) is 80.2 cm³/mol. The molecule has 1 aromatic carbocycles. The van der Waals surface area contributed by atoms with Crippen LogP contribution in [0.1, 0.15) is 61.3 Å². The van der Waals surface area contributed by atoms with Crippen molar-refractivity contribution in [2.45, 2.75) is 57.6 Å². The summed E-state index contributed by atoms with van der Waals surface area (Å²) < 4.78 is 5.78. The number of ether oxygens (including phenoxy) is 1. The number of hydrogen-bond donors (Lipinski definition) is 2. The van der Waals surface area contributed by atoms with Gasteiger partial charge in [-0.3, -0.25) is 0 Å². The maximum atomic E-state index is 10.2. The average Bonchev–Trinajstić information content (AvgIpc) is 2.80. The zero-order chi connectivity index (χ0) is 14.1. The third kappa shape index (κ3) is 2.57. The molecule has 3 heteroatoms. The molecule has 0 radical (unpaired) electrons. The van der Waals surface area contributed by atoms with E-state index in [4.69, 9.17) is 4.74 Å². The van der Waals surface area contributed by atoms with E-state index >= 15 is 0 Å². The summed E-state index contributed by atoms with van der Waals surface area (Å²) in [5.74, 6) is 0.957. The smallest absolute Gasteiger partial charge is 0.120 e. The first kappa shape index (κ1) is 13.9. The van der Waals surface area contributed by atoms with Crippen LogP contribution in [-0.2, 0) is 4.74 Å². The number of hydrogen-bond acceptors (Lipinski definition) is 3. The van der Waals surface area contributed by atoms with Crippen LogP contribution in [-0.4, -0.2) is 24.4 Å². The van der Waals surface area contributed by atoms with Crippen LogP contribution >= 0.6 is 0 Å². The van der Waals surface area contributed by atoms with Crippen molar-refractivity contribution < 1.29 is 9.84 Å². The Labute approximate surface area is 121 Å². The minimum atomic E-state index is 0.269. The number of aromatic hydroxyl groups is 1. The highest BCUT2D eigenvalue weighted by Crippen LogP contribution is 2.45. The lowest BCUT2D eigenvalue weighted by molar-refractivity contribution is 0.0152. The van der Waals surface area contributed by atoms with Crippen LogP contribution in [0.15, 0.2) is 12.1 Å². The number of benzene rings is 1. The van der Waals surface area contributed by atoms with Crippen molar-refractivity contribution in [3.05, 3.63) is 28.8 Å². The fourth-order valence-corrected chi connectivity index (χ4v) is 3.77. The first-order chi connectivity index (χ1) is 9.66. The van der Waals surface area contributed by atoms with Gasteiger partial charge in [-0.05, 0) is 55.7 Å². The molecular formula is C17H25NO2. The first-order valence-electron chi connectivity index (χ1n) is 7.84. The molecule has 0 amide bonds. The Morgan fingerprint density at radius 1 is 1.30 bits per heavy atom. The van der Waals surface area contributed by atoms with Gasteiger partial charge >= 0.3 is 0 Å². The monoisotopic (exact) mass is 275 g/mol. The lowest BCUT2D eigenvalue weighted by atomic mass is 9.97. The molecule has 1 aliphatic carbocycles. The Morgan fingerprint density at radius 2 is 2.15 bits per heavy atom. The maximum absolute atomic E-state index is 10.2. The normalized spacial score (nSPS) is 29.4. The van der Waals surface area contributed by atoms with Gasteiger partial charge in [-0.1, -0.05) is 13.0 Å². The number of nitrogens with one attached hydrogen (secondary N) is 1. The molecular weight excluding hydrogens is 250 g/mol. The van der Waals surface area contributed by atoms with Gasteiger partial charge in [0.25, 0.3) is 0 Å². The van der Waals surface area contributed by atoms with Crippen LogP contribution in [0.5, 0.6) is 5.75 Å². The molecule has 0 aromatic heterocycles. The van der Waals surface area contributed by atoms with Gasteiger partial charge in [-0.25, -0.2) is 0 Å². The van der Waals surface area contributed by atoms with Gasteiger partial charge < -0.3 is 15.2 Å².